The van der Waals surface area contributed by atoms with Gasteiger partial charge in [0.1, 0.15) is 5.01 Å². The number of aromatic nitrogens is 1. The first-order chi connectivity index (χ1) is 10.1. The van der Waals surface area contributed by atoms with Crippen LogP contribution in [0.25, 0.3) is 0 Å². The van der Waals surface area contributed by atoms with Crippen molar-refractivity contribution in [1.82, 2.24) is 10.3 Å². The molecule has 0 aliphatic heterocycles. The maximum atomic E-state index is 4.98. The standard InChI is InChI=1S/C18H24N2S/c1-12(2)19-17(14-9-5-4-8-13(14)3)18-20-15-10-6-7-11-16(15)21-18/h4-5,8-9,12,17,19H,6-7,10-11H2,1-3H3. The lowest BCUT2D eigenvalue weighted by molar-refractivity contribution is 0.524. The molecule has 3 rings (SSSR count). The van der Waals surface area contributed by atoms with E-state index < -0.39 is 0 Å². The van der Waals surface area contributed by atoms with E-state index in [1.807, 2.05) is 11.3 Å². The summed E-state index contributed by atoms with van der Waals surface area (Å²) in [5, 5.41) is 4.95. The number of hydrogen-bond acceptors (Lipinski definition) is 3. The molecule has 1 heterocycles. The van der Waals surface area contributed by atoms with E-state index in [2.05, 4.69) is 50.4 Å². The highest BCUT2D eigenvalue weighted by molar-refractivity contribution is 7.11. The molecule has 0 saturated carbocycles. The van der Waals surface area contributed by atoms with Crippen molar-refractivity contribution >= 4 is 11.3 Å². The van der Waals surface area contributed by atoms with E-state index in [0.717, 1.165) is 6.42 Å². The molecule has 1 aromatic carbocycles. The highest BCUT2D eigenvalue weighted by Crippen LogP contribution is 2.33. The van der Waals surface area contributed by atoms with Gasteiger partial charge in [0.05, 0.1) is 11.7 Å². The molecule has 1 atom stereocenters. The lowest BCUT2D eigenvalue weighted by Gasteiger charge is -2.21. The first kappa shape index (κ1) is 14.7. The van der Waals surface area contributed by atoms with Crippen molar-refractivity contribution in [2.45, 2.75) is 58.5 Å². The number of benzene rings is 1. The monoisotopic (exact) mass is 300 g/mol. The first-order valence-corrected chi connectivity index (χ1v) is 8.77. The van der Waals surface area contributed by atoms with Crippen molar-refractivity contribution < 1.29 is 0 Å². The number of nitrogens with zero attached hydrogens (tertiary/aromatic N) is 1. The molecule has 0 radical (unpaired) electrons. The van der Waals surface area contributed by atoms with Gasteiger partial charge in [0.25, 0.3) is 0 Å². The van der Waals surface area contributed by atoms with Crippen LogP contribution in [0.1, 0.15) is 59.4 Å². The van der Waals surface area contributed by atoms with Crippen LogP contribution in [0.4, 0.5) is 0 Å². The Labute approximate surface area is 131 Å². The van der Waals surface area contributed by atoms with Crippen LogP contribution in [-0.2, 0) is 12.8 Å². The quantitative estimate of drug-likeness (QED) is 0.904. The topological polar surface area (TPSA) is 24.9 Å². The summed E-state index contributed by atoms with van der Waals surface area (Å²) in [6, 6.07) is 9.33. The van der Waals surface area contributed by atoms with E-state index in [-0.39, 0.29) is 6.04 Å². The molecule has 21 heavy (non-hydrogen) atoms. The van der Waals surface area contributed by atoms with Gasteiger partial charge in [0.2, 0.25) is 0 Å². The second kappa shape index (κ2) is 6.29. The maximum Gasteiger partial charge on any atom is 0.115 e. The molecule has 112 valence electrons. The zero-order chi connectivity index (χ0) is 14.8. The molecule has 0 fully saturated rings. The Bertz CT molecular complexity index is 592. The third-order valence-electron chi connectivity index (χ3n) is 4.11. The number of aryl methyl sites for hydroxylation is 3. The molecule has 1 unspecified atom stereocenters. The van der Waals surface area contributed by atoms with Crippen LogP contribution in [0.5, 0.6) is 0 Å². The highest BCUT2D eigenvalue weighted by atomic mass is 32.1. The summed E-state index contributed by atoms with van der Waals surface area (Å²) in [6.07, 6.45) is 4.99. The molecular weight excluding hydrogens is 276 g/mol. The zero-order valence-corrected chi connectivity index (χ0v) is 14.0. The van der Waals surface area contributed by atoms with Gasteiger partial charge >= 0.3 is 0 Å². The Morgan fingerprint density at radius 1 is 1.14 bits per heavy atom. The lowest BCUT2D eigenvalue weighted by atomic mass is 10.0. The van der Waals surface area contributed by atoms with Crippen LogP contribution in [0.3, 0.4) is 0 Å². The van der Waals surface area contributed by atoms with Crippen molar-refractivity contribution in [3.8, 4) is 0 Å². The summed E-state index contributed by atoms with van der Waals surface area (Å²) < 4.78 is 0. The normalized spacial score (nSPS) is 16.0. The van der Waals surface area contributed by atoms with Crippen LogP contribution < -0.4 is 5.32 Å². The summed E-state index contributed by atoms with van der Waals surface area (Å²) in [6.45, 7) is 6.61. The molecule has 0 saturated heterocycles. The summed E-state index contributed by atoms with van der Waals surface area (Å²) in [7, 11) is 0. The van der Waals surface area contributed by atoms with Crippen molar-refractivity contribution in [1.29, 1.82) is 0 Å². The average molecular weight is 300 g/mol. The Balaban J connectivity index is 1.99. The van der Waals surface area contributed by atoms with Crippen LogP contribution >= 0.6 is 11.3 Å². The number of fused-ring (bicyclic) bond motifs is 1. The Kier molecular flexibility index (Phi) is 4.41. The van der Waals surface area contributed by atoms with E-state index in [0.29, 0.717) is 6.04 Å². The van der Waals surface area contributed by atoms with Crippen LogP contribution in [0, 0.1) is 6.92 Å². The van der Waals surface area contributed by atoms with E-state index in [1.54, 1.807) is 0 Å². The SMILES string of the molecule is Cc1ccccc1C(NC(C)C)c1nc2c(s1)CCCC2. The van der Waals surface area contributed by atoms with Crippen molar-refractivity contribution in [3.05, 3.63) is 51.0 Å². The van der Waals surface area contributed by atoms with Crippen LogP contribution in [-0.4, -0.2) is 11.0 Å². The summed E-state index contributed by atoms with van der Waals surface area (Å²) in [4.78, 5) is 6.49. The minimum Gasteiger partial charge on any atom is -0.302 e. The minimum absolute atomic E-state index is 0.224. The molecule has 1 aliphatic carbocycles. The molecular formula is C18H24N2S. The summed E-state index contributed by atoms with van der Waals surface area (Å²) in [5.41, 5.74) is 4.05. The van der Waals surface area contributed by atoms with E-state index >= 15 is 0 Å². The van der Waals surface area contributed by atoms with Gasteiger partial charge in [-0.05, 0) is 57.6 Å². The molecule has 3 heteroatoms. The van der Waals surface area contributed by atoms with E-state index in [1.165, 1.54) is 46.0 Å². The smallest absolute Gasteiger partial charge is 0.115 e. The molecule has 1 N–H and O–H groups in total. The van der Waals surface area contributed by atoms with E-state index in [9.17, 15) is 0 Å². The molecule has 1 aliphatic rings. The largest absolute Gasteiger partial charge is 0.302 e. The fourth-order valence-electron chi connectivity index (χ4n) is 3.03. The van der Waals surface area contributed by atoms with Crippen molar-refractivity contribution in [2.75, 3.05) is 0 Å². The zero-order valence-electron chi connectivity index (χ0n) is 13.1. The third-order valence-corrected chi connectivity index (χ3v) is 5.33. The number of thiazole rings is 1. The second-order valence-electron chi connectivity index (χ2n) is 6.24. The molecule has 1 aromatic heterocycles. The van der Waals surface area contributed by atoms with Gasteiger partial charge in [0.15, 0.2) is 0 Å². The van der Waals surface area contributed by atoms with Crippen LogP contribution in [0.15, 0.2) is 24.3 Å². The number of rotatable bonds is 4. The second-order valence-corrected chi connectivity index (χ2v) is 7.36. The molecule has 0 spiro atoms. The molecule has 0 bridgehead atoms. The van der Waals surface area contributed by atoms with Gasteiger partial charge in [0, 0.05) is 10.9 Å². The van der Waals surface area contributed by atoms with Crippen molar-refractivity contribution in [2.24, 2.45) is 0 Å². The van der Waals surface area contributed by atoms with Gasteiger partial charge in [-0.3, -0.25) is 0 Å². The van der Waals surface area contributed by atoms with Crippen molar-refractivity contribution in [3.63, 3.8) is 0 Å². The van der Waals surface area contributed by atoms with Gasteiger partial charge in [-0.1, -0.05) is 24.3 Å². The van der Waals surface area contributed by atoms with Gasteiger partial charge in [-0.15, -0.1) is 11.3 Å². The van der Waals surface area contributed by atoms with Crippen LogP contribution in [0.2, 0.25) is 0 Å². The fraction of sp³-hybridized carbons (Fsp3) is 0.500. The summed E-state index contributed by atoms with van der Waals surface area (Å²) >= 11 is 1.92. The fourth-order valence-corrected chi connectivity index (χ4v) is 4.27. The number of nitrogens with one attached hydrogen (secondary N) is 1. The predicted octanol–water partition coefficient (Wildman–Crippen LogP) is 4.42. The predicted molar refractivity (Wildman–Crippen MR) is 90.0 cm³/mol. The Hall–Kier alpha value is -1.19. The first-order valence-electron chi connectivity index (χ1n) is 7.95. The minimum atomic E-state index is 0.224. The molecule has 2 aromatic rings. The highest BCUT2D eigenvalue weighted by Gasteiger charge is 2.23. The Morgan fingerprint density at radius 2 is 1.90 bits per heavy atom. The molecule has 2 nitrogen and oxygen atoms in total. The number of hydrogen-bond donors (Lipinski definition) is 1. The maximum absolute atomic E-state index is 4.98. The van der Waals surface area contributed by atoms with Gasteiger partial charge in [-0.25, -0.2) is 4.98 Å². The molecule has 0 amide bonds. The van der Waals surface area contributed by atoms with Gasteiger partial charge < -0.3 is 5.32 Å². The van der Waals surface area contributed by atoms with E-state index in [4.69, 9.17) is 4.98 Å². The van der Waals surface area contributed by atoms with Gasteiger partial charge in [-0.2, -0.15) is 0 Å². The lowest BCUT2D eigenvalue weighted by Crippen LogP contribution is -2.29. The third kappa shape index (κ3) is 3.19. The Morgan fingerprint density at radius 3 is 2.62 bits per heavy atom. The summed E-state index contributed by atoms with van der Waals surface area (Å²) in [5.74, 6) is 0. The average Bonchev–Trinajstić information content (AvgIpc) is 2.89.